The molecule has 1 N–H and O–H groups in total. The molecule has 0 bridgehead atoms. The van der Waals surface area contributed by atoms with Crippen LogP contribution in [0.1, 0.15) is 31.2 Å². The topological polar surface area (TPSA) is 32.3 Å². The second kappa shape index (κ2) is 5.36. The fourth-order valence-electron chi connectivity index (χ4n) is 3.35. The lowest BCUT2D eigenvalue weighted by molar-refractivity contribution is -0.135. The average Bonchev–Trinajstić information content (AvgIpc) is 3.41. The Bertz CT molecular complexity index is 520. The van der Waals surface area contributed by atoms with Gasteiger partial charge in [-0.15, -0.1) is 0 Å². The van der Waals surface area contributed by atoms with E-state index in [4.69, 9.17) is 0 Å². The van der Waals surface area contributed by atoms with Crippen LogP contribution in [0.15, 0.2) is 24.3 Å². The zero-order valence-corrected chi connectivity index (χ0v) is 12.6. The lowest BCUT2D eigenvalue weighted by atomic mass is 9.92. The number of hydrogen-bond acceptors (Lipinski definition) is 2. The number of hydrogen-bond donors (Lipinski definition) is 1. The lowest BCUT2D eigenvalue weighted by Crippen LogP contribution is -2.43. The SMILES string of the molecule is O=C(C1CNc2ccccc2C1)N(CC1CC1)CC1CC1. The highest BCUT2D eigenvalue weighted by molar-refractivity contribution is 5.81. The van der Waals surface area contributed by atoms with E-state index >= 15 is 0 Å². The summed E-state index contributed by atoms with van der Waals surface area (Å²) in [5.74, 6) is 2.08. The van der Waals surface area contributed by atoms with Gasteiger partial charge in [-0.1, -0.05) is 18.2 Å². The third-order valence-corrected chi connectivity index (χ3v) is 5.03. The molecule has 3 aliphatic rings. The highest BCUT2D eigenvalue weighted by atomic mass is 16.2. The molecule has 1 aromatic carbocycles. The van der Waals surface area contributed by atoms with E-state index in [1.54, 1.807) is 0 Å². The molecule has 21 heavy (non-hydrogen) atoms. The smallest absolute Gasteiger partial charge is 0.227 e. The Kier molecular flexibility index (Phi) is 3.36. The highest BCUT2D eigenvalue weighted by Crippen LogP contribution is 2.35. The van der Waals surface area contributed by atoms with E-state index in [0.717, 1.165) is 37.9 Å². The standard InChI is InChI=1S/C18H24N2O/c21-18(20(11-13-5-6-13)12-14-7-8-14)16-9-15-3-1-2-4-17(15)19-10-16/h1-4,13-14,16,19H,5-12H2. The molecule has 2 fully saturated rings. The molecule has 1 aromatic rings. The molecule has 0 aromatic heterocycles. The monoisotopic (exact) mass is 284 g/mol. The van der Waals surface area contributed by atoms with Gasteiger partial charge in [0.1, 0.15) is 0 Å². The van der Waals surface area contributed by atoms with Gasteiger partial charge in [0.25, 0.3) is 0 Å². The van der Waals surface area contributed by atoms with Crippen molar-refractivity contribution in [3.8, 4) is 0 Å². The number of fused-ring (bicyclic) bond motifs is 1. The molecule has 0 spiro atoms. The normalized spacial score (nSPS) is 24.1. The van der Waals surface area contributed by atoms with Gasteiger partial charge < -0.3 is 10.2 Å². The van der Waals surface area contributed by atoms with E-state index in [1.165, 1.54) is 36.9 Å². The number of para-hydroxylation sites is 1. The number of nitrogens with one attached hydrogen (secondary N) is 1. The van der Waals surface area contributed by atoms with Crippen molar-refractivity contribution in [2.45, 2.75) is 32.1 Å². The summed E-state index contributed by atoms with van der Waals surface area (Å²) in [5.41, 5.74) is 2.50. The van der Waals surface area contributed by atoms with Crippen LogP contribution in [-0.4, -0.2) is 30.4 Å². The Hall–Kier alpha value is -1.51. The van der Waals surface area contributed by atoms with Crippen LogP contribution in [0.25, 0.3) is 0 Å². The Morgan fingerprint density at radius 3 is 2.43 bits per heavy atom. The lowest BCUT2D eigenvalue weighted by Gasteiger charge is -2.31. The van der Waals surface area contributed by atoms with Crippen LogP contribution in [0.2, 0.25) is 0 Å². The first kappa shape index (κ1) is 13.2. The van der Waals surface area contributed by atoms with E-state index in [9.17, 15) is 4.79 Å². The van der Waals surface area contributed by atoms with Gasteiger partial charge >= 0.3 is 0 Å². The number of nitrogens with zero attached hydrogens (tertiary/aromatic N) is 1. The summed E-state index contributed by atoms with van der Waals surface area (Å²) in [6.07, 6.45) is 6.18. The maximum absolute atomic E-state index is 12.9. The van der Waals surface area contributed by atoms with Crippen molar-refractivity contribution < 1.29 is 4.79 Å². The van der Waals surface area contributed by atoms with Crippen molar-refractivity contribution in [3.05, 3.63) is 29.8 Å². The minimum Gasteiger partial charge on any atom is -0.384 e. The summed E-state index contributed by atoms with van der Waals surface area (Å²) < 4.78 is 0. The number of amides is 1. The summed E-state index contributed by atoms with van der Waals surface area (Å²) >= 11 is 0. The van der Waals surface area contributed by atoms with Crippen LogP contribution in [-0.2, 0) is 11.2 Å². The van der Waals surface area contributed by atoms with E-state index in [-0.39, 0.29) is 5.92 Å². The fourth-order valence-corrected chi connectivity index (χ4v) is 3.35. The molecular formula is C18H24N2O. The minimum absolute atomic E-state index is 0.123. The molecule has 2 aliphatic carbocycles. The predicted molar refractivity (Wildman–Crippen MR) is 84.2 cm³/mol. The van der Waals surface area contributed by atoms with Crippen molar-refractivity contribution in [2.24, 2.45) is 17.8 Å². The second-order valence-corrected chi connectivity index (χ2v) is 7.07. The quantitative estimate of drug-likeness (QED) is 0.901. The van der Waals surface area contributed by atoms with Crippen LogP contribution in [0.4, 0.5) is 5.69 Å². The fraction of sp³-hybridized carbons (Fsp3) is 0.611. The number of benzene rings is 1. The molecule has 2 saturated carbocycles. The molecule has 0 saturated heterocycles. The van der Waals surface area contributed by atoms with Gasteiger partial charge in [0.15, 0.2) is 0 Å². The van der Waals surface area contributed by atoms with Crippen LogP contribution in [0.3, 0.4) is 0 Å². The first-order chi connectivity index (χ1) is 10.3. The molecule has 1 heterocycles. The number of carbonyl (C=O) groups excluding carboxylic acids is 1. The Balaban J connectivity index is 1.44. The van der Waals surface area contributed by atoms with Crippen LogP contribution >= 0.6 is 0 Å². The molecule has 1 amide bonds. The van der Waals surface area contributed by atoms with Gasteiger partial charge in [0, 0.05) is 25.3 Å². The largest absolute Gasteiger partial charge is 0.384 e. The van der Waals surface area contributed by atoms with E-state index in [1.807, 2.05) is 0 Å². The summed E-state index contributed by atoms with van der Waals surface area (Å²) in [6.45, 7) is 2.81. The molecule has 0 radical (unpaired) electrons. The molecule has 1 aliphatic heterocycles. The van der Waals surface area contributed by atoms with Crippen molar-refractivity contribution in [3.63, 3.8) is 0 Å². The number of anilines is 1. The van der Waals surface area contributed by atoms with Gasteiger partial charge in [0.2, 0.25) is 5.91 Å². The van der Waals surface area contributed by atoms with E-state index < -0.39 is 0 Å². The molecule has 4 rings (SSSR count). The Morgan fingerprint density at radius 1 is 1.10 bits per heavy atom. The van der Waals surface area contributed by atoms with Crippen LogP contribution in [0.5, 0.6) is 0 Å². The number of carbonyl (C=O) groups is 1. The van der Waals surface area contributed by atoms with Crippen LogP contribution in [0, 0.1) is 17.8 Å². The summed E-state index contributed by atoms with van der Waals surface area (Å²) in [4.78, 5) is 15.1. The van der Waals surface area contributed by atoms with Crippen molar-refractivity contribution >= 4 is 11.6 Å². The maximum atomic E-state index is 12.9. The predicted octanol–water partition coefficient (Wildman–Crippen LogP) is 2.92. The van der Waals surface area contributed by atoms with Crippen molar-refractivity contribution in [1.29, 1.82) is 0 Å². The van der Waals surface area contributed by atoms with Crippen molar-refractivity contribution in [1.82, 2.24) is 4.90 Å². The summed E-state index contributed by atoms with van der Waals surface area (Å²) in [5, 5.41) is 3.44. The molecule has 3 heteroatoms. The average molecular weight is 284 g/mol. The van der Waals surface area contributed by atoms with Crippen LogP contribution < -0.4 is 5.32 Å². The molecule has 1 unspecified atom stereocenters. The Labute approximate surface area is 126 Å². The van der Waals surface area contributed by atoms with Crippen molar-refractivity contribution in [2.75, 3.05) is 25.0 Å². The summed E-state index contributed by atoms with van der Waals surface area (Å²) in [6, 6.07) is 8.39. The zero-order valence-electron chi connectivity index (χ0n) is 12.6. The minimum atomic E-state index is 0.123. The molecular weight excluding hydrogens is 260 g/mol. The van der Waals surface area contributed by atoms with Gasteiger partial charge in [-0.05, 0) is 55.6 Å². The van der Waals surface area contributed by atoms with E-state index in [2.05, 4.69) is 34.5 Å². The number of rotatable bonds is 5. The third-order valence-electron chi connectivity index (χ3n) is 5.03. The zero-order chi connectivity index (χ0) is 14.2. The molecule has 1 atom stereocenters. The first-order valence-corrected chi connectivity index (χ1v) is 8.40. The molecule has 112 valence electrons. The first-order valence-electron chi connectivity index (χ1n) is 8.40. The van der Waals surface area contributed by atoms with Gasteiger partial charge in [-0.3, -0.25) is 4.79 Å². The Morgan fingerprint density at radius 2 is 1.76 bits per heavy atom. The van der Waals surface area contributed by atoms with E-state index in [0.29, 0.717) is 5.91 Å². The molecule has 3 nitrogen and oxygen atoms in total. The maximum Gasteiger partial charge on any atom is 0.227 e. The summed E-state index contributed by atoms with van der Waals surface area (Å²) in [7, 11) is 0. The third kappa shape index (κ3) is 3.07. The van der Waals surface area contributed by atoms with Gasteiger partial charge in [-0.25, -0.2) is 0 Å². The second-order valence-electron chi connectivity index (χ2n) is 7.07. The highest BCUT2D eigenvalue weighted by Gasteiger charge is 2.35. The van der Waals surface area contributed by atoms with Gasteiger partial charge in [-0.2, -0.15) is 0 Å². The van der Waals surface area contributed by atoms with Gasteiger partial charge in [0.05, 0.1) is 5.92 Å².